The van der Waals surface area contributed by atoms with Crippen LogP contribution in [0, 0.1) is 5.92 Å². The maximum atomic E-state index is 10.4. The zero-order chi connectivity index (χ0) is 18.8. The number of aliphatic hydroxyl groups excluding tert-OH is 1. The number of allylic oxidation sites excluding steroid dienone is 1. The molecule has 26 heavy (non-hydrogen) atoms. The molecule has 0 aliphatic carbocycles. The lowest BCUT2D eigenvalue weighted by Crippen LogP contribution is -2.34. The van der Waals surface area contributed by atoms with Crippen LogP contribution in [0.25, 0.3) is 0 Å². The van der Waals surface area contributed by atoms with Gasteiger partial charge in [-0.1, -0.05) is 50.3 Å². The van der Waals surface area contributed by atoms with Crippen LogP contribution in [0.4, 0.5) is 0 Å². The molecule has 0 saturated carbocycles. The van der Waals surface area contributed by atoms with Gasteiger partial charge in [0.2, 0.25) is 0 Å². The van der Waals surface area contributed by atoms with E-state index >= 15 is 0 Å². The molecule has 1 aromatic carbocycles. The molecule has 0 spiro atoms. The van der Waals surface area contributed by atoms with E-state index in [0.717, 1.165) is 45.4 Å². The van der Waals surface area contributed by atoms with Crippen molar-refractivity contribution in [1.82, 2.24) is 9.47 Å². The summed E-state index contributed by atoms with van der Waals surface area (Å²) < 4.78 is 2.31. The maximum absolute atomic E-state index is 10.4. The fourth-order valence-electron chi connectivity index (χ4n) is 3.13. The van der Waals surface area contributed by atoms with E-state index in [1.165, 1.54) is 11.3 Å². The van der Waals surface area contributed by atoms with Crippen molar-refractivity contribution in [3.8, 4) is 0 Å². The van der Waals surface area contributed by atoms with Crippen LogP contribution in [0.1, 0.15) is 44.4 Å². The average Bonchev–Trinajstić information content (AvgIpc) is 3.05. The Bertz CT molecular complexity index is 633. The Hall–Kier alpha value is -1.84. The van der Waals surface area contributed by atoms with Crippen molar-refractivity contribution in [3.63, 3.8) is 0 Å². The van der Waals surface area contributed by atoms with E-state index in [9.17, 15) is 5.11 Å². The van der Waals surface area contributed by atoms with Crippen molar-refractivity contribution in [3.05, 3.63) is 72.6 Å². The monoisotopic (exact) mass is 354 g/mol. The van der Waals surface area contributed by atoms with Crippen LogP contribution >= 0.6 is 0 Å². The fourth-order valence-corrected chi connectivity index (χ4v) is 3.13. The molecular weight excluding hydrogens is 320 g/mol. The molecular formula is C23H34N2O. The highest BCUT2D eigenvalue weighted by Gasteiger charge is 2.14. The summed E-state index contributed by atoms with van der Waals surface area (Å²) in [6, 6.07) is 14.9. The summed E-state index contributed by atoms with van der Waals surface area (Å²) in [6.07, 6.45) is 6.53. The SMILES string of the molecule is C=CCC[C@@H](O)CN(CCC(C)C)Cc1cccn1Cc1ccccc1. The molecule has 1 aromatic heterocycles. The third kappa shape index (κ3) is 7.19. The Kier molecular flexibility index (Phi) is 8.66. The molecule has 0 amide bonds. The molecule has 1 N–H and O–H groups in total. The lowest BCUT2D eigenvalue weighted by Gasteiger charge is -2.26. The minimum atomic E-state index is -0.294. The van der Waals surface area contributed by atoms with Crippen LogP contribution in [0.5, 0.6) is 0 Å². The second-order valence-electron chi connectivity index (χ2n) is 7.55. The van der Waals surface area contributed by atoms with Gasteiger partial charge in [0, 0.05) is 31.5 Å². The van der Waals surface area contributed by atoms with Gasteiger partial charge in [0.1, 0.15) is 0 Å². The van der Waals surface area contributed by atoms with Gasteiger partial charge in [-0.25, -0.2) is 0 Å². The van der Waals surface area contributed by atoms with Gasteiger partial charge in [0.25, 0.3) is 0 Å². The zero-order valence-electron chi connectivity index (χ0n) is 16.3. The summed E-state index contributed by atoms with van der Waals surface area (Å²) in [5.41, 5.74) is 2.61. The summed E-state index contributed by atoms with van der Waals surface area (Å²) >= 11 is 0. The molecule has 0 aliphatic heterocycles. The van der Waals surface area contributed by atoms with E-state index in [2.05, 4.69) is 78.6 Å². The third-order valence-corrected chi connectivity index (χ3v) is 4.70. The van der Waals surface area contributed by atoms with Crippen molar-refractivity contribution < 1.29 is 5.11 Å². The maximum Gasteiger partial charge on any atom is 0.0670 e. The molecule has 0 bridgehead atoms. The number of aromatic nitrogens is 1. The van der Waals surface area contributed by atoms with E-state index in [1.807, 2.05) is 6.08 Å². The van der Waals surface area contributed by atoms with Crippen LogP contribution in [0.15, 0.2) is 61.3 Å². The smallest absolute Gasteiger partial charge is 0.0670 e. The van der Waals surface area contributed by atoms with E-state index in [0.29, 0.717) is 5.92 Å². The highest BCUT2D eigenvalue weighted by molar-refractivity contribution is 5.17. The van der Waals surface area contributed by atoms with Gasteiger partial charge in [0.15, 0.2) is 0 Å². The van der Waals surface area contributed by atoms with Gasteiger partial charge in [-0.2, -0.15) is 0 Å². The first-order chi connectivity index (χ1) is 12.6. The molecule has 142 valence electrons. The van der Waals surface area contributed by atoms with E-state index in [-0.39, 0.29) is 6.10 Å². The summed E-state index contributed by atoms with van der Waals surface area (Å²) in [4.78, 5) is 2.39. The second kappa shape index (κ2) is 11.0. The molecule has 1 heterocycles. The van der Waals surface area contributed by atoms with Crippen LogP contribution in [-0.4, -0.2) is 33.8 Å². The molecule has 3 heteroatoms. The van der Waals surface area contributed by atoms with Crippen molar-refractivity contribution in [2.75, 3.05) is 13.1 Å². The zero-order valence-corrected chi connectivity index (χ0v) is 16.3. The number of hydrogen-bond donors (Lipinski definition) is 1. The molecule has 0 radical (unpaired) electrons. The van der Waals surface area contributed by atoms with Crippen molar-refractivity contribution >= 4 is 0 Å². The predicted octanol–water partition coefficient (Wildman–Crippen LogP) is 4.71. The Balaban J connectivity index is 2.02. The Labute approximate surface area is 159 Å². The third-order valence-electron chi connectivity index (χ3n) is 4.70. The molecule has 0 unspecified atom stereocenters. The van der Waals surface area contributed by atoms with E-state index < -0.39 is 0 Å². The van der Waals surface area contributed by atoms with E-state index in [1.54, 1.807) is 0 Å². The van der Waals surface area contributed by atoms with Gasteiger partial charge in [-0.05, 0) is 49.4 Å². The van der Waals surface area contributed by atoms with Crippen molar-refractivity contribution in [2.45, 2.75) is 52.3 Å². The first-order valence-electron chi connectivity index (χ1n) is 9.77. The lowest BCUT2D eigenvalue weighted by atomic mass is 10.1. The lowest BCUT2D eigenvalue weighted by molar-refractivity contribution is 0.0982. The predicted molar refractivity (Wildman–Crippen MR) is 110 cm³/mol. The first-order valence-corrected chi connectivity index (χ1v) is 9.77. The van der Waals surface area contributed by atoms with Crippen molar-refractivity contribution in [2.24, 2.45) is 5.92 Å². The molecule has 2 rings (SSSR count). The summed E-state index contributed by atoms with van der Waals surface area (Å²) in [7, 11) is 0. The minimum absolute atomic E-state index is 0.294. The van der Waals surface area contributed by atoms with Gasteiger partial charge < -0.3 is 9.67 Å². The highest BCUT2D eigenvalue weighted by Crippen LogP contribution is 2.13. The largest absolute Gasteiger partial charge is 0.392 e. The van der Waals surface area contributed by atoms with Gasteiger partial charge in [0.05, 0.1) is 6.10 Å². The number of benzene rings is 1. The summed E-state index contributed by atoms with van der Waals surface area (Å²) in [6.45, 7) is 11.8. The van der Waals surface area contributed by atoms with Gasteiger partial charge >= 0.3 is 0 Å². The first kappa shape index (κ1) is 20.5. The molecule has 2 aromatic rings. The fraction of sp³-hybridized carbons (Fsp3) is 0.478. The van der Waals surface area contributed by atoms with Gasteiger partial charge in [-0.15, -0.1) is 6.58 Å². The molecule has 3 nitrogen and oxygen atoms in total. The summed E-state index contributed by atoms with van der Waals surface area (Å²) in [5.74, 6) is 0.666. The second-order valence-corrected chi connectivity index (χ2v) is 7.55. The number of rotatable bonds is 12. The average molecular weight is 355 g/mol. The normalized spacial score (nSPS) is 12.7. The van der Waals surface area contributed by atoms with Crippen LogP contribution in [0.3, 0.4) is 0 Å². The van der Waals surface area contributed by atoms with Crippen LogP contribution in [-0.2, 0) is 13.1 Å². The quantitative estimate of drug-likeness (QED) is 0.559. The molecule has 0 aliphatic rings. The highest BCUT2D eigenvalue weighted by atomic mass is 16.3. The number of aliphatic hydroxyl groups is 1. The molecule has 0 saturated heterocycles. The van der Waals surface area contributed by atoms with Crippen molar-refractivity contribution in [1.29, 1.82) is 0 Å². The standard InChI is InChI=1S/C23H34N2O/c1-4-5-13-23(26)19-24(16-14-20(2)3)18-22-12-9-15-25(22)17-21-10-7-6-8-11-21/h4,6-12,15,20,23,26H,1,5,13-14,16-19H2,2-3H3/t23-/m1/s1. The number of nitrogens with zero attached hydrogens (tertiary/aromatic N) is 2. The Morgan fingerprint density at radius 1 is 1.12 bits per heavy atom. The minimum Gasteiger partial charge on any atom is -0.392 e. The summed E-state index contributed by atoms with van der Waals surface area (Å²) in [5, 5.41) is 10.4. The van der Waals surface area contributed by atoms with E-state index in [4.69, 9.17) is 0 Å². The van der Waals surface area contributed by atoms with Gasteiger partial charge in [-0.3, -0.25) is 4.90 Å². The number of hydrogen-bond acceptors (Lipinski definition) is 2. The Morgan fingerprint density at radius 3 is 2.58 bits per heavy atom. The van der Waals surface area contributed by atoms with Crippen LogP contribution in [0.2, 0.25) is 0 Å². The topological polar surface area (TPSA) is 28.4 Å². The molecule has 0 fully saturated rings. The molecule has 1 atom stereocenters. The van der Waals surface area contributed by atoms with Crippen LogP contribution < -0.4 is 0 Å². The Morgan fingerprint density at radius 2 is 1.88 bits per heavy atom.